The van der Waals surface area contributed by atoms with Gasteiger partial charge >= 0.3 is 0 Å². The summed E-state index contributed by atoms with van der Waals surface area (Å²) in [5.74, 6) is 0.188. The molecule has 0 aromatic heterocycles. The van der Waals surface area contributed by atoms with Crippen LogP contribution in [0.1, 0.15) is 36.5 Å². The highest BCUT2D eigenvalue weighted by Gasteiger charge is 2.28. The molecule has 5 heteroatoms. The van der Waals surface area contributed by atoms with Gasteiger partial charge in [0, 0.05) is 37.7 Å². The van der Waals surface area contributed by atoms with E-state index in [9.17, 15) is 9.59 Å². The number of benzene rings is 2. The molecule has 0 saturated carbocycles. The van der Waals surface area contributed by atoms with Crippen molar-refractivity contribution < 1.29 is 9.59 Å². The zero-order valence-electron chi connectivity index (χ0n) is 16.0. The Bertz CT molecular complexity index is 777. The fraction of sp³-hybridized carbons (Fsp3) is 0.455. The van der Waals surface area contributed by atoms with Crippen LogP contribution < -0.4 is 10.6 Å². The van der Waals surface area contributed by atoms with Gasteiger partial charge in [0.25, 0.3) is 5.91 Å². The van der Waals surface area contributed by atoms with E-state index in [1.54, 1.807) is 0 Å². The van der Waals surface area contributed by atoms with E-state index >= 15 is 0 Å². The molecule has 5 nitrogen and oxygen atoms in total. The maximum atomic E-state index is 13.0. The molecule has 1 saturated heterocycles. The topological polar surface area (TPSA) is 61.4 Å². The number of amides is 2. The lowest BCUT2D eigenvalue weighted by atomic mass is 9.95. The monoisotopic (exact) mass is 367 g/mol. The van der Waals surface area contributed by atoms with Crippen LogP contribution in [0.15, 0.2) is 42.5 Å². The summed E-state index contributed by atoms with van der Waals surface area (Å²) in [6.07, 6.45) is 2.55. The van der Waals surface area contributed by atoms with Crippen LogP contribution in [-0.4, -0.2) is 49.4 Å². The van der Waals surface area contributed by atoms with E-state index in [1.807, 2.05) is 47.4 Å². The summed E-state index contributed by atoms with van der Waals surface area (Å²) in [4.78, 5) is 27.2. The Morgan fingerprint density at radius 2 is 1.74 bits per heavy atom. The van der Waals surface area contributed by atoms with Crippen molar-refractivity contribution in [1.82, 2.24) is 15.5 Å². The molecule has 0 unspecified atom stereocenters. The lowest BCUT2D eigenvalue weighted by Gasteiger charge is -2.31. The number of nitrogens with one attached hydrogen (secondary N) is 2. The van der Waals surface area contributed by atoms with Gasteiger partial charge in [-0.25, -0.2) is 0 Å². The molecule has 27 heavy (non-hydrogen) atoms. The molecule has 1 aliphatic rings. The third-order valence-corrected chi connectivity index (χ3v) is 5.20. The van der Waals surface area contributed by atoms with Gasteiger partial charge in [0.2, 0.25) is 5.91 Å². The SMILES string of the molecule is CCCNCCNC(=O)C1CCN(C(=O)c2cccc3ccccc23)CC1. The molecule has 0 radical (unpaired) electrons. The summed E-state index contributed by atoms with van der Waals surface area (Å²) in [5.41, 5.74) is 0.748. The van der Waals surface area contributed by atoms with Gasteiger partial charge < -0.3 is 15.5 Å². The smallest absolute Gasteiger partial charge is 0.254 e. The number of carbonyl (C=O) groups excluding carboxylic acids is 2. The second-order valence-corrected chi connectivity index (χ2v) is 7.13. The normalized spacial score (nSPS) is 15.1. The van der Waals surface area contributed by atoms with E-state index in [0.29, 0.717) is 19.6 Å². The van der Waals surface area contributed by atoms with Crippen LogP contribution in [-0.2, 0) is 4.79 Å². The molecule has 2 aromatic rings. The van der Waals surface area contributed by atoms with E-state index in [-0.39, 0.29) is 17.7 Å². The van der Waals surface area contributed by atoms with Crippen LogP contribution in [0.3, 0.4) is 0 Å². The molecule has 0 atom stereocenters. The van der Waals surface area contributed by atoms with E-state index in [1.165, 1.54) is 0 Å². The summed E-state index contributed by atoms with van der Waals surface area (Å²) in [6.45, 7) is 5.83. The van der Waals surface area contributed by atoms with Gasteiger partial charge in [-0.3, -0.25) is 9.59 Å². The van der Waals surface area contributed by atoms with Crippen LogP contribution in [0.5, 0.6) is 0 Å². The first kappa shape index (κ1) is 19.4. The van der Waals surface area contributed by atoms with Gasteiger partial charge in [-0.2, -0.15) is 0 Å². The van der Waals surface area contributed by atoms with Crippen molar-refractivity contribution in [1.29, 1.82) is 0 Å². The number of rotatable bonds is 7. The molecule has 0 aliphatic carbocycles. The number of hydrogen-bond donors (Lipinski definition) is 2. The Labute approximate surface area is 161 Å². The lowest BCUT2D eigenvalue weighted by molar-refractivity contribution is -0.126. The summed E-state index contributed by atoms with van der Waals surface area (Å²) in [7, 11) is 0. The number of likely N-dealkylation sites (tertiary alicyclic amines) is 1. The Morgan fingerprint density at radius 3 is 2.52 bits per heavy atom. The first-order valence-corrected chi connectivity index (χ1v) is 9.96. The molecule has 3 rings (SSSR count). The third-order valence-electron chi connectivity index (χ3n) is 5.20. The number of piperidine rings is 1. The molecule has 0 bridgehead atoms. The fourth-order valence-corrected chi connectivity index (χ4v) is 3.65. The minimum atomic E-state index is 0.00717. The second kappa shape index (κ2) is 9.51. The van der Waals surface area contributed by atoms with E-state index < -0.39 is 0 Å². The highest BCUT2D eigenvalue weighted by atomic mass is 16.2. The van der Waals surface area contributed by atoms with Gasteiger partial charge in [-0.1, -0.05) is 43.3 Å². The van der Waals surface area contributed by atoms with Crippen molar-refractivity contribution in [3.05, 3.63) is 48.0 Å². The van der Waals surface area contributed by atoms with Crippen molar-refractivity contribution in [3.8, 4) is 0 Å². The minimum Gasteiger partial charge on any atom is -0.355 e. The van der Waals surface area contributed by atoms with Gasteiger partial charge in [0.15, 0.2) is 0 Å². The quantitative estimate of drug-likeness (QED) is 0.740. The molecule has 144 valence electrons. The summed E-state index contributed by atoms with van der Waals surface area (Å²) in [5, 5.41) is 8.36. The fourth-order valence-electron chi connectivity index (χ4n) is 3.65. The predicted molar refractivity (Wildman–Crippen MR) is 109 cm³/mol. The summed E-state index contributed by atoms with van der Waals surface area (Å²) in [6, 6.07) is 13.8. The molecule has 2 amide bonds. The molecule has 1 fully saturated rings. The predicted octanol–water partition coefficient (Wildman–Crippen LogP) is 2.81. The maximum absolute atomic E-state index is 13.0. The van der Waals surface area contributed by atoms with Crippen LogP contribution >= 0.6 is 0 Å². The molecule has 1 aliphatic heterocycles. The molecule has 2 N–H and O–H groups in total. The minimum absolute atomic E-state index is 0.00717. The van der Waals surface area contributed by atoms with Crippen molar-refractivity contribution in [2.75, 3.05) is 32.7 Å². The number of nitrogens with zero attached hydrogens (tertiary/aromatic N) is 1. The second-order valence-electron chi connectivity index (χ2n) is 7.13. The van der Waals surface area contributed by atoms with Crippen LogP contribution in [0, 0.1) is 5.92 Å². The Hall–Kier alpha value is -2.40. The van der Waals surface area contributed by atoms with Gasteiger partial charge in [-0.05, 0) is 42.6 Å². The third kappa shape index (κ3) is 4.86. The number of carbonyl (C=O) groups is 2. The molecule has 2 aromatic carbocycles. The summed E-state index contributed by atoms with van der Waals surface area (Å²) < 4.78 is 0. The van der Waals surface area contributed by atoms with Gasteiger partial charge in [0.1, 0.15) is 0 Å². The molecule has 1 heterocycles. The standard InChI is InChI=1S/C22H29N3O2/c1-2-12-23-13-14-24-21(26)18-10-15-25(16-11-18)22(27)20-9-5-7-17-6-3-4-8-19(17)20/h3-9,18,23H,2,10-16H2,1H3,(H,24,26). The van der Waals surface area contributed by atoms with Crippen LogP contribution in [0.25, 0.3) is 10.8 Å². The van der Waals surface area contributed by atoms with Crippen LogP contribution in [0.4, 0.5) is 0 Å². The zero-order valence-corrected chi connectivity index (χ0v) is 16.0. The van der Waals surface area contributed by atoms with Crippen molar-refractivity contribution in [2.24, 2.45) is 5.92 Å². The largest absolute Gasteiger partial charge is 0.355 e. The highest BCUT2D eigenvalue weighted by Crippen LogP contribution is 2.23. The molecular weight excluding hydrogens is 338 g/mol. The van der Waals surface area contributed by atoms with Crippen molar-refractivity contribution in [2.45, 2.75) is 26.2 Å². The average molecular weight is 367 g/mol. The maximum Gasteiger partial charge on any atom is 0.254 e. The summed E-state index contributed by atoms with van der Waals surface area (Å²) >= 11 is 0. The van der Waals surface area contributed by atoms with Gasteiger partial charge in [0.05, 0.1) is 0 Å². The first-order chi connectivity index (χ1) is 13.2. The number of fused-ring (bicyclic) bond motifs is 1. The van der Waals surface area contributed by atoms with E-state index in [0.717, 1.165) is 48.7 Å². The highest BCUT2D eigenvalue weighted by molar-refractivity contribution is 6.07. The van der Waals surface area contributed by atoms with Crippen molar-refractivity contribution >= 4 is 22.6 Å². The zero-order chi connectivity index (χ0) is 19.1. The number of hydrogen-bond acceptors (Lipinski definition) is 3. The molecular formula is C22H29N3O2. The van der Waals surface area contributed by atoms with Crippen molar-refractivity contribution in [3.63, 3.8) is 0 Å². The van der Waals surface area contributed by atoms with E-state index in [4.69, 9.17) is 0 Å². The average Bonchev–Trinajstić information content (AvgIpc) is 2.72. The Morgan fingerprint density at radius 1 is 1.00 bits per heavy atom. The van der Waals surface area contributed by atoms with E-state index in [2.05, 4.69) is 17.6 Å². The van der Waals surface area contributed by atoms with Gasteiger partial charge in [-0.15, -0.1) is 0 Å². The first-order valence-electron chi connectivity index (χ1n) is 9.96. The Kier molecular flexibility index (Phi) is 6.82. The Balaban J connectivity index is 1.53. The lowest BCUT2D eigenvalue weighted by Crippen LogP contribution is -2.44. The van der Waals surface area contributed by atoms with Crippen LogP contribution in [0.2, 0.25) is 0 Å². The molecule has 0 spiro atoms.